The van der Waals surface area contributed by atoms with Crippen LogP contribution in [-0.2, 0) is 0 Å². The number of fused-ring (bicyclic) bond motifs is 1. The Kier molecular flexibility index (Phi) is 14.9. The Labute approximate surface area is 213 Å². The van der Waals surface area contributed by atoms with E-state index in [9.17, 15) is 9.32 Å². The van der Waals surface area contributed by atoms with Gasteiger partial charge >= 0.3 is 0 Å². The summed E-state index contributed by atoms with van der Waals surface area (Å²) in [4.78, 5) is 26.0. The number of hydrogen-bond acceptors (Lipinski definition) is 6. The lowest BCUT2D eigenvalue weighted by Crippen LogP contribution is -2.33. The summed E-state index contributed by atoms with van der Waals surface area (Å²) in [6.45, 7) is 14.9. The SMILES string of the molecule is CC.CC.CC.CC(NCC1CCSCC1)c1nc2ncccc2c(=O)n1-c1ccc(OF)cc1. The average molecular weight is 505 g/mol. The lowest BCUT2D eigenvalue weighted by molar-refractivity contribution is -0.00620. The standard InChI is InChI=1S/C21H23FN4O2S.3C2H6/c1-14(24-13-15-8-11-29-12-9-15)20-25-19-18(3-2-10-23-19)21(27)26(20)16-4-6-17(28-22)7-5-16;3*1-2/h2-7,10,14-15,24H,8-9,11-13H2,1H3;3*1-2H3. The van der Waals surface area contributed by atoms with Crippen LogP contribution in [0.5, 0.6) is 5.75 Å². The molecule has 0 aliphatic carbocycles. The number of nitrogens with zero attached hydrogens (tertiary/aromatic N) is 3. The summed E-state index contributed by atoms with van der Waals surface area (Å²) in [5.74, 6) is 3.71. The van der Waals surface area contributed by atoms with Gasteiger partial charge in [-0.1, -0.05) is 41.5 Å². The van der Waals surface area contributed by atoms with E-state index >= 15 is 0 Å². The van der Waals surface area contributed by atoms with Crippen molar-refractivity contribution in [2.45, 2.75) is 67.3 Å². The maximum Gasteiger partial charge on any atom is 0.267 e. The highest BCUT2D eigenvalue weighted by Crippen LogP contribution is 2.24. The molecule has 0 radical (unpaired) electrons. The quantitative estimate of drug-likeness (QED) is 0.393. The van der Waals surface area contributed by atoms with E-state index in [2.05, 4.69) is 15.2 Å². The van der Waals surface area contributed by atoms with Crippen molar-refractivity contribution >= 4 is 22.8 Å². The Hall–Kier alpha value is -2.45. The van der Waals surface area contributed by atoms with E-state index in [4.69, 9.17) is 4.98 Å². The Morgan fingerprint density at radius 3 is 2.31 bits per heavy atom. The number of rotatable bonds is 6. The van der Waals surface area contributed by atoms with Gasteiger partial charge in [0.15, 0.2) is 11.4 Å². The molecule has 0 bridgehead atoms. The van der Waals surface area contributed by atoms with Gasteiger partial charge in [-0.15, -0.1) is 0 Å². The van der Waals surface area contributed by atoms with Crippen molar-refractivity contribution in [1.29, 1.82) is 0 Å². The first kappa shape index (κ1) is 30.6. The lowest BCUT2D eigenvalue weighted by atomic mass is 10.0. The zero-order chi connectivity index (χ0) is 26.2. The number of hydrogen-bond donors (Lipinski definition) is 1. The van der Waals surface area contributed by atoms with Crippen LogP contribution in [0.25, 0.3) is 16.7 Å². The minimum Gasteiger partial charge on any atom is -0.307 e. The first-order valence-electron chi connectivity index (χ1n) is 12.7. The Bertz CT molecular complexity index is 1040. The second kappa shape index (κ2) is 17.1. The molecule has 1 aromatic carbocycles. The monoisotopic (exact) mass is 504 g/mol. The zero-order valence-corrected chi connectivity index (χ0v) is 23.0. The number of aromatic nitrogens is 3. The molecule has 1 unspecified atom stereocenters. The number of nitrogens with one attached hydrogen (secondary N) is 1. The normalized spacial score (nSPS) is 13.8. The van der Waals surface area contributed by atoms with Crippen LogP contribution >= 0.6 is 11.8 Å². The highest BCUT2D eigenvalue weighted by molar-refractivity contribution is 7.99. The summed E-state index contributed by atoms with van der Waals surface area (Å²) in [5, 5.41) is 3.99. The molecule has 0 amide bonds. The average Bonchev–Trinajstić information content (AvgIpc) is 2.95. The van der Waals surface area contributed by atoms with E-state index in [1.54, 1.807) is 35.0 Å². The molecule has 6 nitrogen and oxygen atoms in total. The summed E-state index contributed by atoms with van der Waals surface area (Å²) in [6.07, 6.45) is 4.04. The van der Waals surface area contributed by atoms with Gasteiger partial charge in [0, 0.05) is 10.7 Å². The van der Waals surface area contributed by atoms with E-state index in [-0.39, 0.29) is 17.4 Å². The highest BCUT2D eigenvalue weighted by Gasteiger charge is 2.20. The summed E-state index contributed by atoms with van der Waals surface area (Å²) < 4.78 is 14.0. The van der Waals surface area contributed by atoms with Crippen LogP contribution in [0.3, 0.4) is 0 Å². The fourth-order valence-electron chi connectivity index (χ4n) is 3.61. The number of pyridine rings is 1. The molecule has 8 heteroatoms. The molecule has 0 saturated carbocycles. The maximum absolute atomic E-state index is 13.3. The van der Waals surface area contributed by atoms with Crippen molar-refractivity contribution in [3.8, 4) is 11.4 Å². The van der Waals surface area contributed by atoms with Gasteiger partial charge in [-0.3, -0.25) is 14.3 Å². The molecule has 1 atom stereocenters. The minimum absolute atomic E-state index is 0.0834. The summed E-state index contributed by atoms with van der Waals surface area (Å²) in [6, 6.07) is 9.55. The smallest absolute Gasteiger partial charge is 0.267 e. The van der Waals surface area contributed by atoms with Crippen LogP contribution in [0.15, 0.2) is 47.4 Å². The number of halogens is 1. The molecule has 3 heterocycles. The molecule has 3 aromatic rings. The van der Waals surface area contributed by atoms with Crippen LogP contribution < -0.4 is 15.8 Å². The summed E-state index contributed by atoms with van der Waals surface area (Å²) >= 11 is 2.00. The van der Waals surface area contributed by atoms with Crippen LogP contribution in [0, 0.1) is 5.92 Å². The number of benzene rings is 1. The summed E-state index contributed by atoms with van der Waals surface area (Å²) in [7, 11) is 0. The Balaban J connectivity index is 0.000000949. The van der Waals surface area contributed by atoms with Crippen LogP contribution in [0.1, 0.15) is 73.2 Å². The molecular weight excluding hydrogens is 463 g/mol. The van der Waals surface area contributed by atoms with E-state index in [0.717, 1.165) is 6.54 Å². The van der Waals surface area contributed by atoms with Crippen molar-refractivity contribution in [3.05, 3.63) is 58.8 Å². The third-order valence-corrected chi connectivity index (χ3v) is 6.34. The Morgan fingerprint density at radius 1 is 1.09 bits per heavy atom. The van der Waals surface area contributed by atoms with E-state index in [1.165, 1.54) is 36.5 Å². The second-order valence-corrected chi connectivity index (χ2v) is 8.47. The van der Waals surface area contributed by atoms with Gasteiger partial charge in [0.25, 0.3) is 5.56 Å². The zero-order valence-electron chi connectivity index (χ0n) is 22.2. The van der Waals surface area contributed by atoms with Crippen LogP contribution in [0.4, 0.5) is 4.53 Å². The van der Waals surface area contributed by atoms with Crippen molar-refractivity contribution in [2.75, 3.05) is 18.1 Å². The number of thioether (sulfide) groups is 1. The van der Waals surface area contributed by atoms with Gasteiger partial charge < -0.3 is 5.32 Å². The first-order chi connectivity index (χ1) is 17.2. The molecule has 1 saturated heterocycles. The highest BCUT2D eigenvalue weighted by atomic mass is 32.2. The summed E-state index contributed by atoms with van der Waals surface area (Å²) in [5.41, 5.74) is 0.830. The fourth-order valence-corrected chi connectivity index (χ4v) is 4.81. The Morgan fingerprint density at radius 2 is 1.71 bits per heavy atom. The molecule has 1 fully saturated rings. The first-order valence-corrected chi connectivity index (χ1v) is 13.9. The maximum atomic E-state index is 13.3. The van der Waals surface area contributed by atoms with E-state index in [1.807, 2.05) is 60.2 Å². The predicted molar refractivity (Wildman–Crippen MR) is 147 cm³/mol. The van der Waals surface area contributed by atoms with E-state index in [0.29, 0.717) is 28.5 Å². The van der Waals surface area contributed by atoms with Crippen molar-refractivity contribution in [1.82, 2.24) is 19.9 Å². The van der Waals surface area contributed by atoms with Gasteiger partial charge in [-0.25, -0.2) is 9.97 Å². The van der Waals surface area contributed by atoms with Crippen LogP contribution in [0.2, 0.25) is 0 Å². The minimum atomic E-state index is -0.199. The third kappa shape index (κ3) is 8.32. The molecular formula is C27H41FN4O2S. The van der Waals surface area contributed by atoms with Crippen molar-refractivity contribution < 1.29 is 9.47 Å². The molecule has 1 aliphatic rings. The van der Waals surface area contributed by atoms with Gasteiger partial charge in [-0.2, -0.15) is 11.8 Å². The predicted octanol–water partition coefficient (Wildman–Crippen LogP) is 6.92. The molecule has 35 heavy (non-hydrogen) atoms. The molecule has 2 aromatic heterocycles. The third-order valence-electron chi connectivity index (χ3n) is 5.29. The molecule has 194 valence electrons. The lowest BCUT2D eigenvalue weighted by Gasteiger charge is -2.25. The van der Waals surface area contributed by atoms with Crippen molar-refractivity contribution in [2.24, 2.45) is 5.92 Å². The van der Waals surface area contributed by atoms with Gasteiger partial charge in [0.1, 0.15) is 5.82 Å². The molecule has 4 rings (SSSR count). The fraction of sp³-hybridized carbons (Fsp3) is 0.519. The molecule has 1 aliphatic heterocycles. The molecule has 0 spiro atoms. The van der Waals surface area contributed by atoms with Gasteiger partial charge in [0.05, 0.1) is 17.1 Å². The van der Waals surface area contributed by atoms with Crippen LogP contribution in [-0.4, -0.2) is 32.6 Å². The van der Waals surface area contributed by atoms with Gasteiger partial charge in [0.2, 0.25) is 0 Å². The van der Waals surface area contributed by atoms with Gasteiger partial charge in [-0.05, 0) is 80.1 Å². The topological polar surface area (TPSA) is 69.0 Å². The largest absolute Gasteiger partial charge is 0.307 e. The second-order valence-electron chi connectivity index (χ2n) is 7.24. The van der Waals surface area contributed by atoms with Crippen molar-refractivity contribution in [3.63, 3.8) is 0 Å². The molecule has 1 N–H and O–H groups in total. The van der Waals surface area contributed by atoms with E-state index < -0.39 is 0 Å².